The summed E-state index contributed by atoms with van der Waals surface area (Å²) < 4.78 is 32.8. The quantitative estimate of drug-likeness (QED) is 0.0237. The summed E-state index contributed by atoms with van der Waals surface area (Å²) in [4.78, 5) is 76.5. The molecule has 3 heterocycles. The zero-order valence-corrected chi connectivity index (χ0v) is 52.0. The molecule has 0 spiro atoms. The number of aliphatic hydroxyl groups excluding tert-OH is 1. The number of amides is 3. The number of aromatic nitrogens is 2. The summed E-state index contributed by atoms with van der Waals surface area (Å²) in [7, 11) is 0. The number of aromatic amines is 1. The van der Waals surface area contributed by atoms with Crippen molar-refractivity contribution in [3.8, 4) is 27.3 Å². The number of hydrogen-bond donors (Lipinski definition) is 6. The Morgan fingerprint density at radius 1 is 0.765 bits per heavy atom. The average Bonchev–Trinajstić information content (AvgIpc) is 3.18. The molecule has 1 aliphatic carbocycles. The molecule has 4 atom stereocenters. The summed E-state index contributed by atoms with van der Waals surface area (Å²) in [5.41, 5.74) is 10.5. The highest BCUT2D eigenvalue weighted by atomic mass is 32.1. The van der Waals surface area contributed by atoms with E-state index in [-0.39, 0.29) is 68.1 Å². The number of aromatic hydroxyl groups is 1. The van der Waals surface area contributed by atoms with Crippen molar-refractivity contribution in [2.45, 2.75) is 126 Å². The van der Waals surface area contributed by atoms with E-state index in [1.165, 1.54) is 0 Å². The van der Waals surface area contributed by atoms with Crippen molar-refractivity contribution in [1.29, 1.82) is 0 Å². The number of thiazole rings is 1. The summed E-state index contributed by atoms with van der Waals surface area (Å²) >= 11 is 1.58. The molecule has 1 saturated heterocycles. The Bertz CT molecular complexity index is 2970. The maximum atomic E-state index is 13.9. The third-order valence-electron chi connectivity index (χ3n) is 15.2. The third-order valence-corrected chi connectivity index (χ3v) is 16.2. The molecule has 464 valence electrons. The fourth-order valence-electron chi connectivity index (χ4n) is 10.6. The minimum atomic E-state index is -0.863. The molecule has 6 N–H and O–H groups in total. The summed E-state index contributed by atoms with van der Waals surface area (Å²) in [6.07, 6.45) is 2.44. The van der Waals surface area contributed by atoms with Gasteiger partial charge in [-0.1, -0.05) is 64.1 Å². The Balaban J connectivity index is 0.000000284. The number of ketones is 1. The van der Waals surface area contributed by atoms with E-state index < -0.39 is 35.3 Å². The SMILES string of the molecule is CCCOCCOCCOCCOCCOCC(=O)N[C@H](C(=O)C1C[C@H](O)C[C@H]1C(=O)NCc1ccc(-c2scnc2C)cc1)C(C)(C)C.CCN(c1cc(-c2ccc(O)cc2)cc(C(=O)NCc2c(C)cc(C)[nH]c2=O)c1C)C1CCOCC1. The van der Waals surface area contributed by atoms with Gasteiger partial charge < -0.3 is 64.5 Å². The second-order valence-corrected chi connectivity index (χ2v) is 23.6. The van der Waals surface area contributed by atoms with Crippen LogP contribution in [0.15, 0.2) is 77.0 Å². The van der Waals surface area contributed by atoms with Gasteiger partial charge in [-0.3, -0.25) is 24.0 Å². The molecule has 2 fully saturated rings. The van der Waals surface area contributed by atoms with Crippen molar-refractivity contribution in [1.82, 2.24) is 25.9 Å². The van der Waals surface area contributed by atoms with E-state index >= 15 is 0 Å². The lowest BCUT2D eigenvalue weighted by Gasteiger charge is -2.37. The number of aliphatic hydroxyl groups is 1. The number of phenols is 1. The molecular weight excluding hydrogens is 1100 g/mol. The highest BCUT2D eigenvalue weighted by Crippen LogP contribution is 2.38. The number of aryl methyl sites for hydroxylation is 3. The molecule has 85 heavy (non-hydrogen) atoms. The Morgan fingerprint density at radius 2 is 1.36 bits per heavy atom. The molecule has 5 aromatic rings. The van der Waals surface area contributed by atoms with E-state index in [9.17, 15) is 34.2 Å². The highest BCUT2D eigenvalue weighted by molar-refractivity contribution is 7.13. The van der Waals surface area contributed by atoms with Gasteiger partial charge in [0, 0.05) is 73.9 Å². The number of carbonyl (C=O) groups excluding carboxylic acids is 4. The minimum Gasteiger partial charge on any atom is -0.508 e. The van der Waals surface area contributed by atoms with Crippen LogP contribution in [0.25, 0.3) is 21.6 Å². The summed E-state index contributed by atoms with van der Waals surface area (Å²) in [5, 5.41) is 29.0. The molecule has 1 unspecified atom stereocenters. The number of rotatable bonds is 30. The first-order valence-corrected chi connectivity index (χ1v) is 30.6. The lowest BCUT2D eigenvalue weighted by Crippen LogP contribution is -2.53. The molecular formula is C65H90N6O13S. The predicted molar refractivity (Wildman–Crippen MR) is 330 cm³/mol. The normalized spacial score (nSPS) is 16.5. The number of hydrogen-bond acceptors (Lipinski definition) is 16. The first-order chi connectivity index (χ1) is 40.8. The van der Waals surface area contributed by atoms with Gasteiger partial charge in [0.15, 0.2) is 5.78 Å². The Morgan fingerprint density at radius 3 is 1.94 bits per heavy atom. The van der Waals surface area contributed by atoms with Gasteiger partial charge >= 0.3 is 0 Å². The molecule has 19 nitrogen and oxygen atoms in total. The number of anilines is 1. The van der Waals surface area contributed by atoms with Crippen LogP contribution in [0, 0.1) is 44.9 Å². The van der Waals surface area contributed by atoms with E-state index in [4.69, 9.17) is 28.4 Å². The first kappa shape index (κ1) is 67.8. The predicted octanol–water partition coefficient (Wildman–Crippen LogP) is 8.32. The summed E-state index contributed by atoms with van der Waals surface area (Å²) in [6.45, 7) is 24.0. The number of phenolic OH excluding ortho intramolecular Hbond substituents is 1. The van der Waals surface area contributed by atoms with Crippen molar-refractivity contribution in [2.75, 3.05) is 90.7 Å². The van der Waals surface area contributed by atoms with E-state index in [0.29, 0.717) is 63.4 Å². The molecule has 20 heteroatoms. The lowest BCUT2D eigenvalue weighted by atomic mass is 9.77. The number of ether oxygens (including phenoxy) is 6. The Labute approximate surface area is 504 Å². The van der Waals surface area contributed by atoms with Crippen LogP contribution in [-0.4, -0.2) is 148 Å². The van der Waals surface area contributed by atoms with Crippen LogP contribution in [0.3, 0.4) is 0 Å². The van der Waals surface area contributed by atoms with E-state index in [1.54, 1.807) is 23.5 Å². The molecule has 3 amide bonds. The van der Waals surface area contributed by atoms with Crippen molar-refractivity contribution in [2.24, 2.45) is 17.3 Å². The van der Waals surface area contributed by atoms with Gasteiger partial charge in [-0.15, -0.1) is 11.3 Å². The molecule has 0 bridgehead atoms. The number of benzene rings is 3. The number of carbonyl (C=O) groups is 4. The van der Waals surface area contributed by atoms with Gasteiger partial charge in [0.2, 0.25) is 11.8 Å². The lowest BCUT2D eigenvalue weighted by molar-refractivity contribution is -0.138. The Hall–Kier alpha value is -6.36. The van der Waals surface area contributed by atoms with Crippen LogP contribution in [0.5, 0.6) is 5.75 Å². The third kappa shape index (κ3) is 20.7. The van der Waals surface area contributed by atoms with E-state index in [2.05, 4.69) is 50.7 Å². The van der Waals surface area contributed by atoms with Crippen LogP contribution in [0.1, 0.15) is 111 Å². The largest absolute Gasteiger partial charge is 0.508 e. The molecule has 1 saturated carbocycles. The maximum Gasteiger partial charge on any atom is 0.253 e. The molecule has 1 aliphatic heterocycles. The van der Waals surface area contributed by atoms with E-state index in [1.807, 2.05) is 103 Å². The summed E-state index contributed by atoms with van der Waals surface area (Å²) in [6, 6.07) is 20.3. The number of nitrogens with zero attached hydrogens (tertiary/aromatic N) is 2. The second kappa shape index (κ2) is 34.1. The van der Waals surface area contributed by atoms with Crippen LogP contribution >= 0.6 is 11.3 Å². The standard InChI is InChI=1S/C36H55N3O9S.C29H35N3O4/c1-6-11-44-12-13-45-14-15-46-16-17-47-18-19-48-23-31(41)39-34(36(3,4)5)32(42)29-20-28(40)21-30(29)35(43)37-22-26-7-9-27(10-8-26)33-25(2)38-24-49-33;1-5-32(23-10-12-36-13-11-23)27-16-22(21-6-8-24(33)9-7-21)15-25(20(27)4)28(34)30-17-26-18(2)14-19(3)31-29(26)35/h7-10,24,28-30,34,40H,6,11-23H2,1-5H3,(H,37,43)(H,39,41);6-9,14-16,23,33H,5,10-13,17H2,1-4H3,(H,30,34)(H,31,35)/t28-,29?,30+,34+;/m0./s1. The van der Waals surface area contributed by atoms with Gasteiger partial charge in [0.1, 0.15) is 12.4 Å². The van der Waals surface area contributed by atoms with Gasteiger partial charge in [0.05, 0.1) is 87.0 Å². The monoisotopic (exact) mass is 1190 g/mol. The minimum absolute atomic E-state index is 0.149. The molecule has 2 aromatic heterocycles. The van der Waals surface area contributed by atoms with Crippen LogP contribution in [0.2, 0.25) is 0 Å². The van der Waals surface area contributed by atoms with Crippen LogP contribution < -0.4 is 26.4 Å². The molecule has 3 aromatic carbocycles. The fourth-order valence-corrected chi connectivity index (χ4v) is 11.5. The van der Waals surface area contributed by atoms with Gasteiger partial charge in [-0.05, 0) is 136 Å². The fraction of sp³-hybridized carbons (Fsp3) is 0.538. The highest BCUT2D eigenvalue weighted by Gasteiger charge is 2.47. The number of Topliss-reactive ketones (excluding diaryl/α,β-unsaturated/α-hetero) is 1. The summed E-state index contributed by atoms with van der Waals surface area (Å²) in [5.74, 6) is -2.44. The first-order valence-electron chi connectivity index (χ1n) is 29.7. The zero-order valence-electron chi connectivity index (χ0n) is 51.1. The van der Waals surface area contributed by atoms with Crippen LogP contribution in [-0.2, 0) is 55.9 Å². The molecule has 2 aliphatic rings. The topological polar surface area (TPSA) is 249 Å². The van der Waals surface area contributed by atoms with Gasteiger partial charge in [0.25, 0.3) is 11.5 Å². The van der Waals surface area contributed by atoms with Crippen LogP contribution in [0.4, 0.5) is 5.69 Å². The Kier molecular flexibility index (Phi) is 27.2. The smallest absolute Gasteiger partial charge is 0.253 e. The number of H-pyrrole nitrogens is 1. The number of nitrogens with one attached hydrogen (secondary N) is 4. The van der Waals surface area contributed by atoms with E-state index in [0.717, 1.165) is 101 Å². The van der Waals surface area contributed by atoms with Gasteiger partial charge in [-0.25, -0.2) is 4.98 Å². The van der Waals surface area contributed by atoms with Crippen molar-refractivity contribution in [3.63, 3.8) is 0 Å². The van der Waals surface area contributed by atoms with Gasteiger partial charge in [-0.2, -0.15) is 0 Å². The average molecular weight is 1200 g/mol. The molecule has 7 rings (SSSR count). The van der Waals surface area contributed by atoms with Crippen molar-refractivity contribution >= 4 is 40.5 Å². The molecule has 0 radical (unpaired) electrons. The van der Waals surface area contributed by atoms with Crippen molar-refractivity contribution in [3.05, 3.63) is 122 Å². The number of pyridine rings is 1. The van der Waals surface area contributed by atoms with Crippen molar-refractivity contribution < 1.29 is 57.8 Å². The second-order valence-electron chi connectivity index (χ2n) is 22.8. The maximum absolute atomic E-state index is 13.9. The zero-order chi connectivity index (χ0) is 61.5.